The van der Waals surface area contributed by atoms with E-state index in [2.05, 4.69) is 15.2 Å². The minimum Gasteiger partial charge on any atom is -0.392 e. The minimum atomic E-state index is -0.603. The molecule has 2 aromatic rings. The van der Waals surface area contributed by atoms with E-state index in [-0.39, 0.29) is 24.3 Å². The van der Waals surface area contributed by atoms with Crippen LogP contribution < -0.4 is 0 Å². The van der Waals surface area contributed by atoms with Crippen molar-refractivity contribution in [2.75, 3.05) is 6.54 Å². The summed E-state index contributed by atoms with van der Waals surface area (Å²) in [5, 5.41) is 17.3. The van der Waals surface area contributed by atoms with Gasteiger partial charge in [-0.3, -0.25) is 9.89 Å². The van der Waals surface area contributed by atoms with Gasteiger partial charge in [-0.2, -0.15) is 5.10 Å². The highest BCUT2D eigenvalue weighted by Gasteiger charge is 2.33. The molecule has 2 heterocycles. The number of aliphatic hydroxyl groups excluding tert-OH is 1. The lowest BCUT2D eigenvalue weighted by Gasteiger charge is -2.25. The fourth-order valence-corrected chi connectivity index (χ4v) is 3.02. The Labute approximate surface area is 141 Å². The van der Waals surface area contributed by atoms with Crippen molar-refractivity contribution in [1.29, 1.82) is 0 Å². The van der Waals surface area contributed by atoms with Gasteiger partial charge in [0.1, 0.15) is 5.82 Å². The van der Waals surface area contributed by atoms with Crippen LogP contribution in [0.15, 0.2) is 30.3 Å². The highest BCUT2D eigenvalue weighted by atomic mass is 16.3. The van der Waals surface area contributed by atoms with Crippen LogP contribution in [-0.4, -0.2) is 43.7 Å². The summed E-state index contributed by atoms with van der Waals surface area (Å²) in [6, 6.07) is 9.69. The molecule has 0 saturated carbocycles. The molecule has 0 bridgehead atoms. The van der Waals surface area contributed by atoms with Crippen LogP contribution in [0.1, 0.15) is 45.0 Å². The van der Waals surface area contributed by atoms with E-state index in [0.717, 1.165) is 24.2 Å². The molecule has 0 aliphatic carbocycles. The summed E-state index contributed by atoms with van der Waals surface area (Å²) < 4.78 is 0. The van der Waals surface area contributed by atoms with E-state index in [0.29, 0.717) is 12.4 Å². The number of amides is 1. The van der Waals surface area contributed by atoms with Gasteiger partial charge in [0.2, 0.25) is 5.91 Å². The second-order valence-electron chi connectivity index (χ2n) is 6.67. The van der Waals surface area contributed by atoms with Crippen LogP contribution in [-0.2, 0) is 4.79 Å². The summed E-state index contributed by atoms with van der Waals surface area (Å²) >= 11 is 0. The van der Waals surface area contributed by atoms with Crippen LogP contribution in [0.5, 0.6) is 0 Å². The maximum absolute atomic E-state index is 12.5. The number of carbonyl (C=O) groups excluding carboxylic acids is 1. The standard InChI is InChI=1S/C18H24N4O2/c1-12(2)15(23)11-16(24)22-10-6-9-14(22)18-19-17(20-21-18)13-7-4-3-5-8-13/h3-5,7-8,12,14-15,23H,6,9-11H2,1-2H3,(H,19,20,21)/t14-,15-/m0/s1. The first-order valence-electron chi connectivity index (χ1n) is 8.51. The molecule has 1 aliphatic rings. The summed E-state index contributed by atoms with van der Waals surface area (Å²) in [7, 11) is 0. The number of aliphatic hydroxyl groups is 1. The summed E-state index contributed by atoms with van der Waals surface area (Å²) in [6.07, 6.45) is 1.37. The maximum Gasteiger partial charge on any atom is 0.225 e. The monoisotopic (exact) mass is 328 g/mol. The van der Waals surface area contributed by atoms with E-state index >= 15 is 0 Å². The van der Waals surface area contributed by atoms with E-state index in [1.54, 1.807) is 0 Å². The predicted octanol–water partition coefficient (Wildman–Crippen LogP) is 2.54. The normalized spacial score (nSPS) is 19.0. The van der Waals surface area contributed by atoms with Gasteiger partial charge in [-0.15, -0.1) is 0 Å². The molecule has 0 radical (unpaired) electrons. The molecule has 1 amide bonds. The SMILES string of the molecule is CC(C)[C@@H](O)CC(=O)N1CCC[C@H]1c1nc(-c2ccccc2)n[nH]1. The minimum absolute atomic E-state index is 0.0173. The van der Waals surface area contributed by atoms with Crippen LogP contribution in [0.25, 0.3) is 11.4 Å². The maximum atomic E-state index is 12.5. The number of nitrogens with one attached hydrogen (secondary N) is 1. The summed E-state index contributed by atoms with van der Waals surface area (Å²) in [4.78, 5) is 18.9. The zero-order valence-electron chi connectivity index (χ0n) is 14.1. The highest BCUT2D eigenvalue weighted by molar-refractivity contribution is 5.77. The second kappa shape index (κ2) is 7.13. The van der Waals surface area contributed by atoms with Gasteiger partial charge in [0.25, 0.3) is 0 Å². The number of aromatic amines is 1. The van der Waals surface area contributed by atoms with Crippen LogP contribution in [0.4, 0.5) is 0 Å². The first kappa shape index (κ1) is 16.6. The largest absolute Gasteiger partial charge is 0.392 e. The van der Waals surface area contributed by atoms with Crippen molar-refractivity contribution in [3.8, 4) is 11.4 Å². The van der Waals surface area contributed by atoms with Gasteiger partial charge in [0.15, 0.2) is 5.82 Å². The zero-order valence-corrected chi connectivity index (χ0v) is 14.1. The fraction of sp³-hybridized carbons (Fsp3) is 0.500. The quantitative estimate of drug-likeness (QED) is 0.883. The Kier molecular flexibility index (Phi) is 4.94. The molecule has 0 spiro atoms. The third-order valence-corrected chi connectivity index (χ3v) is 4.58. The van der Waals surface area contributed by atoms with E-state index in [1.165, 1.54) is 0 Å². The van der Waals surface area contributed by atoms with Gasteiger partial charge in [0, 0.05) is 12.1 Å². The number of rotatable bonds is 5. The number of hydrogen-bond donors (Lipinski definition) is 2. The summed E-state index contributed by atoms with van der Waals surface area (Å²) in [5.41, 5.74) is 0.950. The second-order valence-corrected chi connectivity index (χ2v) is 6.67. The molecule has 1 fully saturated rings. The lowest BCUT2D eigenvalue weighted by Crippen LogP contribution is -2.34. The van der Waals surface area contributed by atoms with Gasteiger partial charge in [-0.25, -0.2) is 4.98 Å². The van der Waals surface area contributed by atoms with Gasteiger partial charge in [-0.05, 0) is 18.8 Å². The molecule has 1 saturated heterocycles. The van der Waals surface area contributed by atoms with E-state index < -0.39 is 6.10 Å². The van der Waals surface area contributed by atoms with Crippen molar-refractivity contribution in [3.05, 3.63) is 36.2 Å². The third kappa shape index (κ3) is 3.48. The van der Waals surface area contributed by atoms with Gasteiger partial charge in [0.05, 0.1) is 18.6 Å². The average Bonchev–Trinajstić information content (AvgIpc) is 3.24. The summed E-state index contributed by atoms with van der Waals surface area (Å²) in [5.74, 6) is 1.42. The molecular weight excluding hydrogens is 304 g/mol. The van der Waals surface area contributed by atoms with Gasteiger partial charge >= 0.3 is 0 Å². The van der Waals surface area contributed by atoms with Crippen molar-refractivity contribution in [2.45, 2.75) is 45.3 Å². The van der Waals surface area contributed by atoms with Crippen LogP contribution in [0.3, 0.4) is 0 Å². The number of carbonyl (C=O) groups is 1. The van der Waals surface area contributed by atoms with Crippen molar-refractivity contribution in [3.63, 3.8) is 0 Å². The molecule has 128 valence electrons. The molecule has 1 aromatic carbocycles. The van der Waals surface area contributed by atoms with Crippen LogP contribution in [0, 0.1) is 5.92 Å². The number of nitrogens with zero attached hydrogens (tertiary/aromatic N) is 3. The number of aromatic nitrogens is 3. The Hall–Kier alpha value is -2.21. The van der Waals surface area contributed by atoms with E-state index in [4.69, 9.17) is 0 Å². The van der Waals surface area contributed by atoms with Gasteiger partial charge < -0.3 is 10.0 Å². The van der Waals surface area contributed by atoms with Crippen LogP contribution in [0.2, 0.25) is 0 Å². The smallest absolute Gasteiger partial charge is 0.225 e. The summed E-state index contributed by atoms with van der Waals surface area (Å²) in [6.45, 7) is 4.54. The molecule has 0 unspecified atom stereocenters. The van der Waals surface area contributed by atoms with Crippen LogP contribution >= 0.6 is 0 Å². The molecule has 3 rings (SSSR count). The average molecular weight is 328 g/mol. The number of benzene rings is 1. The number of likely N-dealkylation sites (tertiary alicyclic amines) is 1. The molecule has 1 aromatic heterocycles. The van der Waals surface area contributed by atoms with Crippen molar-refractivity contribution in [1.82, 2.24) is 20.1 Å². The van der Waals surface area contributed by atoms with Crippen molar-refractivity contribution < 1.29 is 9.90 Å². The van der Waals surface area contributed by atoms with E-state index in [9.17, 15) is 9.90 Å². The zero-order chi connectivity index (χ0) is 17.1. The number of hydrogen-bond acceptors (Lipinski definition) is 4. The lowest BCUT2D eigenvalue weighted by molar-refractivity contribution is -0.134. The highest BCUT2D eigenvalue weighted by Crippen LogP contribution is 2.31. The Balaban J connectivity index is 1.74. The molecule has 1 aliphatic heterocycles. The third-order valence-electron chi connectivity index (χ3n) is 4.58. The Bertz CT molecular complexity index is 683. The Morgan fingerprint density at radius 1 is 1.38 bits per heavy atom. The van der Waals surface area contributed by atoms with Crippen molar-refractivity contribution >= 4 is 5.91 Å². The topological polar surface area (TPSA) is 82.1 Å². The van der Waals surface area contributed by atoms with Gasteiger partial charge in [-0.1, -0.05) is 44.2 Å². The van der Waals surface area contributed by atoms with E-state index in [1.807, 2.05) is 49.1 Å². The molecule has 6 heteroatoms. The first-order chi connectivity index (χ1) is 11.6. The Morgan fingerprint density at radius 2 is 2.12 bits per heavy atom. The molecule has 2 atom stereocenters. The Morgan fingerprint density at radius 3 is 2.83 bits per heavy atom. The lowest BCUT2D eigenvalue weighted by atomic mass is 10.0. The number of H-pyrrole nitrogens is 1. The predicted molar refractivity (Wildman–Crippen MR) is 91.0 cm³/mol. The van der Waals surface area contributed by atoms with Crippen molar-refractivity contribution in [2.24, 2.45) is 5.92 Å². The molecule has 6 nitrogen and oxygen atoms in total. The molecule has 24 heavy (non-hydrogen) atoms. The molecule has 2 N–H and O–H groups in total. The molecular formula is C18H24N4O2. The fourth-order valence-electron chi connectivity index (χ4n) is 3.02. The first-order valence-corrected chi connectivity index (χ1v) is 8.51.